The number of carbonyl (C=O) groups is 1. The summed E-state index contributed by atoms with van der Waals surface area (Å²) in [6.45, 7) is 1.95. The number of nitrogens with one attached hydrogen (secondary N) is 1. The molecule has 5 rings (SSSR count). The number of ether oxygens (including phenoxy) is 1. The smallest absolute Gasteiger partial charge is 0.410 e. The van der Waals surface area contributed by atoms with Gasteiger partial charge in [-0.1, -0.05) is 48.5 Å². The predicted octanol–water partition coefficient (Wildman–Crippen LogP) is 3.57. The highest BCUT2D eigenvalue weighted by Crippen LogP contribution is 2.44. The number of amides is 1. The molecule has 2 saturated heterocycles. The third-order valence-corrected chi connectivity index (χ3v) is 6.94. The van der Waals surface area contributed by atoms with Gasteiger partial charge >= 0.3 is 6.09 Å². The van der Waals surface area contributed by atoms with Gasteiger partial charge in [-0.05, 0) is 43.2 Å². The highest BCUT2D eigenvalue weighted by Gasteiger charge is 2.53. The highest BCUT2D eigenvalue weighted by atomic mass is 32.2. The van der Waals surface area contributed by atoms with Crippen LogP contribution in [0.25, 0.3) is 11.1 Å². The summed E-state index contributed by atoms with van der Waals surface area (Å²) in [5.74, 6) is -0.231. The van der Waals surface area contributed by atoms with Crippen molar-refractivity contribution >= 4 is 16.1 Å². The maximum absolute atomic E-state index is 15.5. The van der Waals surface area contributed by atoms with E-state index >= 15 is 4.39 Å². The maximum Gasteiger partial charge on any atom is 0.410 e. The lowest BCUT2D eigenvalue weighted by molar-refractivity contribution is -0.0460. The molecule has 2 aromatic rings. The van der Waals surface area contributed by atoms with Crippen molar-refractivity contribution in [1.82, 2.24) is 9.62 Å². The van der Waals surface area contributed by atoms with E-state index in [0.717, 1.165) is 24.7 Å². The van der Waals surface area contributed by atoms with Crippen LogP contribution in [-0.4, -0.2) is 50.4 Å². The number of benzene rings is 2. The van der Waals surface area contributed by atoms with Crippen molar-refractivity contribution in [3.05, 3.63) is 59.9 Å². The molecular weight excluding hydrogens is 419 g/mol. The first-order valence-electron chi connectivity index (χ1n) is 10.5. The van der Waals surface area contributed by atoms with E-state index in [1.807, 2.05) is 30.3 Å². The molecule has 2 aromatic carbocycles. The summed E-state index contributed by atoms with van der Waals surface area (Å²) in [6.07, 6.45) is 2.27. The average Bonchev–Trinajstić information content (AvgIpc) is 2.69. The Labute approximate surface area is 182 Å². The molecule has 0 unspecified atom stereocenters. The van der Waals surface area contributed by atoms with Gasteiger partial charge in [0.15, 0.2) is 0 Å². The van der Waals surface area contributed by atoms with E-state index in [2.05, 4.69) is 4.72 Å². The lowest BCUT2D eigenvalue weighted by atomic mass is 9.67. The number of hydrogen-bond acceptors (Lipinski definition) is 4. The van der Waals surface area contributed by atoms with Gasteiger partial charge in [-0.3, -0.25) is 0 Å². The molecule has 2 heterocycles. The average molecular weight is 447 g/mol. The number of nitrogens with zero attached hydrogens (tertiary/aromatic N) is 1. The standard InChI is InChI=1S/C23H27FN2O4S/c1-3-30-23(27)26-18-12-17(13-18)22(25-31(2,28)29)20(26)14-16-10-7-11-19(21(16)24)15-8-5-4-6-9-15/h4-11,17-18,20,22,25H,3,12-14H2,1-2H3/t17?,18?,20-,22-/m0/s1. The molecule has 2 atom stereocenters. The van der Waals surface area contributed by atoms with Crippen molar-refractivity contribution in [2.45, 2.75) is 44.3 Å². The van der Waals surface area contributed by atoms with Crippen LogP contribution >= 0.6 is 0 Å². The summed E-state index contributed by atoms with van der Waals surface area (Å²) in [4.78, 5) is 14.4. The Morgan fingerprint density at radius 2 is 1.87 bits per heavy atom. The molecule has 3 fully saturated rings. The first-order chi connectivity index (χ1) is 14.8. The van der Waals surface area contributed by atoms with Crippen molar-refractivity contribution in [3.63, 3.8) is 0 Å². The van der Waals surface area contributed by atoms with Crippen LogP contribution in [0.1, 0.15) is 25.3 Å². The molecule has 166 valence electrons. The number of sulfonamides is 1. The molecule has 2 bridgehead atoms. The minimum absolute atomic E-state index is 0.00738. The van der Waals surface area contributed by atoms with E-state index in [-0.39, 0.29) is 30.8 Å². The van der Waals surface area contributed by atoms with Crippen molar-refractivity contribution < 1.29 is 22.3 Å². The quantitative estimate of drug-likeness (QED) is 0.736. The molecule has 31 heavy (non-hydrogen) atoms. The molecule has 1 aliphatic carbocycles. The van der Waals surface area contributed by atoms with Gasteiger partial charge in [-0.2, -0.15) is 0 Å². The van der Waals surface area contributed by atoms with Crippen LogP contribution < -0.4 is 4.72 Å². The lowest BCUT2D eigenvalue weighted by Gasteiger charge is -2.57. The second-order valence-corrected chi connectivity index (χ2v) is 10.1. The summed E-state index contributed by atoms with van der Waals surface area (Å²) >= 11 is 0. The molecule has 1 amide bonds. The zero-order chi connectivity index (χ0) is 22.2. The molecule has 0 spiro atoms. The Morgan fingerprint density at radius 3 is 2.52 bits per heavy atom. The zero-order valence-corrected chi connectivity index (χ0v) is 18.4. The topological polar surface area (TPSA) is 75.7 Å². The fourth-order valence-electron chi connectivity index (χ4n) is 4.84. The van der Waals surface area contributed by atoms with E-state index in [9.17, 15) is 13.2 Å². The van der Waals surface area contributed by atoms with Crippen molar-refractivity contribution in [1.29, 1.82) is 0 Å². The summed E-state index contributed by atoms with van der Waals surface area (Å²) < 4.78 is 47.6. The fourth-order valence-corrected chi connectivity index (χ4v) is 5.69. The van der Waals surface area contributed by atoms with E-state index < -0.39 is 28.2 Å². The Morgan fingerprint density at radius 1 is 1.16 bits per heavy atom. The predicted molar refractivity (Wildman–Crippen MR) is 116 cm³/mol. The summed E-state index contributed by atoms with van der Waals surface area (Å²) in [7, 11) is -3.50. The molecule has 2 aliphatic heterocycles. The SMILES string of the molecule is CCOC(=O)N1C2CC(C2)[C@H](NS(C)(=O)=O)[C@@H]1Cc1cccc(-c2ccccc2)c1F. The number of fused-ring (bicyclic) bond motifs is 2. The van der Waals surface area contributed by atoms with Crippen molar-refractivity contribution in [2.75, 3.05) is 12.9 Å². The van der Waals surface area contributed by atoms with Crippen molar-refractivity contribution in [2.24, 2.45) is 5.92 Å². The van der Waals surface area contributed by atoms with Crippen LogP contribution in [0.5, 0.6) is 0 Å². The van der Waals surface area contributed by atoms with Gasteiger partial charge in [0, 0.05) is 17.6 Å². The molecular formula is C23H27FN2O4S. The van der Waals surface area contributed by atoms with Gasteiger partial charge in [0.05, 0.1) is 18.9 Å². The largest absolute Gasteiger partial charge is 0.450 e. The van der Waals surface area contributed by atoms with Gasteiger partial charge in [-0.15, -0.1) is 0 Å². The molecule has 8 heteroatoms. The van der Waals surface area contributed by atoms with Gasteiger partial charge in [0.2, 0.25) is 10.0 Å². The maximum atomic E-state index is 15.5. The Bertz CT molecular complexity index is 1050. The van der Waals surface area contributed by atoms with E-state index in [1.54, 1.807) is 30.0 Å². The zero-order valence-electron chi connectivity index (χ0n) is 17.6. The lowest BCUT2D eigenvalue weighted by Crippen LogP contribution is -2.70. The molecule has 3 aliphatic rings. The van der Waals surface area contributed by atoms with E-state index in [1.165, 1.54) is 0 Å². The molecule has 0 radical (unpaired) electrons. The van der Waals surface area contributed by atoms with Gasteiger partial charge in [0.1, 0.15) is 5.82 Å². The Hall–Kier alpha value is -2.45. The molecule has 6 nitrogen and oxygen atoms in total. The molecule has 1 saturated carbocycles. The second kappa shape index (κ2) is 8.59. The molecule has 0 aromatic heterocycles. The van der Waals surface area contributed by atoms with Crippen LogP contribution in [0.15, 0.2) is 48.5 Å². The minimum Gasteiger partial charge on any atom is -0.450 e. The number of halogens is 1. The van der Waals surface area contributed by atoms with Gasteiger partial charge < -0.3 is 9.64 Å². The second-order valence-electron chi connectivity index (χ2n) is 8.32. The Balaban J connectivity index is 1.70. The monoisotopic (exact) mass is 446 g/mol. The van der Waals surface area contributed by atoms with Crippen LogP contribution in [0, 0.1) is 11.7 Å². The minimum atomic E-state index is -3.50. The number of rotatable bonds is 6. The first-order valence-corrected chi connectivity index (χ1v) is 12.4. The van der Waals surface area contributed by atoms with Gasteiger partial charge in [-0.25, -0.2) is 22.3 Å². The summed E-state index contributed by atoms with van der Waals surface area (Å²) in [5.41, 5.74) is 1.69. The van der Waals surface area contributed by atoms with E-state index in [0.29, 0.717) is 11.1 Å². The molecule has 1 N–H and O–H groups in total. The third kappa shape index (κ3) is 4.45. The normalized spacial score (nSPS) is 25.1. The fraction of sp³-hybridized carbons (Fsp3) is 0.435. The van der Waals surface area contributed by atoms with E-state index in [4.69, 9.17) is 4.74 Å². The van der Waals surface area contributed by atoms with Crippen LogP contribution in [0.4, 0.5) is 9.18 Å². The highest BCUT2D eigenvalue weighted by molar-refractivity contribution is 7.88. The van der Waals surface area contributed by atoms with Crippen molar-refractivity contribution in [3.8, 4) is 11.1 Å². The number of carbonyl (C=O) groups excluding carboxylic acids is 1. The van der Waals surface area contributed by atoms with Crippen LogP contribution in [-0.2, 0) is 21.2 Å². The first kappa shape index (κ1) is 21.8. The van der Waals surface area contributed by atoms with Gasteiger partial charge in [0.25, 0.3) is 0 Å². The van der Waals surface area contributed by atoms with Crippen LogP contribution in [0.2, 0.25) is 0 Å². The Kier molecular flexibility index (Phi) is 6.03. The van der Waals surface area contributed by atoms with Crippen LogP contribution in [0.3, 0.4) is 0 Å². The summed E-state index contributed by atoms with van der Waals surface area (Å²) in [5, 5.41) is 0. The number of hydrogen-bond donors (Lipinski definition) is 1. The number of piperidine rings is 2. The third-order valence-electron chi connectivity index (χ3n) is 6.24. The summed E-state index contributed by atoms with van der Waals surface area (Å²) in [6, 6.07) is 13.5.